The maximum absolute atomic E-state index is 11.5. The van der Waals surface area contributed by atoms with Crippen LogP contribution in [0.5, 0.6) is 0 Å². The second-order valence-corrected chi connectivity index (χ2v) is 5.79. The van der Waals surface area contributed by atoms with Gasteiger partial charge in [-0.25, -0.2) is 19.2 Å². The van der Waals surface area contributed by atoms with Gasteiger partial charge in [0.1, 0.15) is 26.4 Å². The van der Waals surface area contributed by atoms with Crippen LogP contribution in [0, 0.1) is 0 Å². The molecule has 0 N–H and O–H groups in total. The molecule has 0 bridgehead atoms. The number of carbonyl (C=O) groups is 4. The summed E-state index contributed by atoms with van der Waals surface area (Å²) in [6, 6.07) is 0. The first-order chi connectivity index (χ1) is 15.6. The van der Waals surface area contributed by atoms with Gasteiger partial charge in [-0.15, -0.1) is 0 Å². The Bertz CT molecular complexity index is 522. The Kier molecular flexibility index (Phi) is 16.1. The fourth-order valence-corrected chi connectivity index (χ4v) is 1.91. The van der Waals surface area contributed by atoms with Crippen molar-refractivity contribution in [3.63, 3.8) is 0 Å². The van der Waals surface area contributed by atoms with E-state index in [4.69, 9.17) is 37.9 Å². The fraction of sp³-hybridized carbons (Fsp3) is 0.600. The monoisotopic (exact) mass is 460 g/mol. The average Bonchev–Trinajstić information content (AvgIpc) is 2.78. The van der Waals surface area contributed by atoms with E-state index in [0.717, 1.165) is 24.3 Å². The van der Waals surface area contributed by atoms with E-state index in [1.54, 1.807) is 0 Å². The van der Waals surface area contributed by atoms with E-state index in [1.165, 1.54) is 0 Å². The molecule has 0 saturated carbocycles. The molecule has 0 aromatic rings. The lowest BCUT2D eigenvalue weighted by molar-refractivity contribution is -0.142. The molecule has 1 aliphatic rings. The quantitative estimate of drug-likeness (QED) is 0.335. The van der Waals surface area contributed by atoms with Gasteiger partial charge in [0, 0.05) is 24.3 Å². The molecule has 0 aromatic heterocycles. The SMILES string of the molecule is O=C1/C=C\C(=O)OCCOCCOCCOC(=O)/C=C\C(=O)OCCOCCOCCO1. The maximum atomic E-state index is 11.5. The first kappa shape index (κ1) is 27.2. The van der Waals surface area contributed by atoms with Crippen molar-refractivity contribution in [2.45, 2.75) is 0 Å². The van der Waals surface area contributed by atoms with Gasteiger partial charge in [0.05, 0.1) is 52.9 Å². The van der Waals surface area contributed by atoms with Crippen LogP contribution in [0.3, 0.4) is 0 Å². The van der Waals surface area contributed by atoms with Crippen LogP contribution in [-0.4, -0.2) is 103 Å². The van der Waals surface area contributed by atoms with Gasteiger partial charge >= 0.3 is 23.9 Å². The molecule has 1 aliphatic heterocycles. The average molecular weight is 460 g/mol. The number of hydrogen-bond acceptors (Lipinski definition) is 12. The van der Waals surface area contributed by atoms with Crippen molar-refractivity contribution < 1.29 is 57.1 Å². The molecule has 180 valence electrons. The standard InChI is InChI=1S/C20H28O12/c21-17-1-2-18(22)30-14-10-26-7-8-28-12-16-32-20(24)4-3-19(23)31-15-11-27-6-5-25-9-13-29-17/h1-4H,5-16H2/b2-1-,4-3-. The Morgan fingerprint density at radius 2 is 0.531 bits per heavy atom. The van der Waals surface area contributed by atoms with Crippen molar-refractivity contribution in [1.82, 2.24) is 0 Å². The summed E-state index contributed by atoms with van der Waals surface area (Å²) in [5.41, 5.74) is 0. The number of esters is 4. The minimum Gasteiger partial charge on any atom is -0.460 e. The van der Waals surface area contributed by atoms with Gasteiger partial charge in [0.15, 0.2) is 0 Å². The lowest BCUT2D eigenvalue weighted by atomic mass is 10.5. The molecule has 0 aromatic carbocycles. The number of hydrogen-bond donors (Lipinski definition) is 0. The molecule has 32 heavy (non-hydrogen) atoms. The van der Waals surface area contributed by atoms with Crippen molar-refractivity contribution in [1.29, 1.82) is 0 Å². The molecule has 0 unspecified atom stereocenters. The Balaban J connectivity index is 2.34. The molecule has 12 heteroatoms. The first-order valence-corrected chi connectivity index (χ1v) is 9.92. The predicted octanol–water partition coefficient (Wildman–Crippen LogP) is -0.648. The van der Waals surface area contributed by atoms with Crippen LogP contribution in [0.1, 0.15) is 0 Å². The number of carbonyl (C=O) groups excluding carboxylic acids is 4. The molecule has 12 nitrogen and oxygen atoms in total. The Morgan fingerprint density at radius 1 is 0.344 bits per heavy atom. The van der Waals surface area contributed by atoms with E-state index in [9.17, 15) is 19.2 Å². The fourth-order valence-electron chi connectivity index (χ4n) is 1.91. The second kappa shape index (κ2) is 18.9. The van der Waals surface area contributed by atoms with Crippen molar-refractivity contribution >= 4 is 23.9 Å². The van der Waals surface area contributed by atoms with Crippen LogP contribution in [0.2, 0.25) is 0 Å². The highest BCUT2D eigenvalue weighted by Crippen LogP contribution is 1.90. The highest BCUT2D eigenvalue weighted by molar-refractivity contribution is 5.92. The van der Waals surface area contributed by atoms with Crippen molar-refractivity contribution in [3.8, 4) is 0 Å². The molecule has 1 rings (SSSR count). The Hall–Kier alpha value is -2.80. The molecule has 0 fully saturated rings. The molecule has 0 radical (unpaired) electrons. The van der Waals surface area contributed by atoms with Crippen LogP contribution in [0.4, 0.5) is 0 Å². The molecule has 0 atom stereocenters. The highest BCUT2D eigenvalue weighted by atomic mass is 16.6. The van der Waals surface area contributed by atoms with Gasteiger partial charge in [-0.3, -0.25) is 0 Å². The van der Waals surface area contributed by atoms with Crippen LogP contribution in [-0.2, 0) is 57.1 Å². The minimum atomic E-state index is -0.704. The first-order valence-electron chi connectivity index (χ1n) is 9.92. The summed E-state index contributed by atoms with van der Waals surface area (Å²) in [6.45, 7) is 1.54. The molecular weight excluding hydrogens is 432 g/mol. The summed E-state index contributed by atoms with van der Waals surface area (Å²) in [6.07, 6.45) is 3.83. The second-order valence-electron chi connectivity index (χ2n) is 5.79. The highest BCUT2D eigenvalue weighted by Gasteiger charge is 2.03. The van der Waals surface area contributed by atoms with Gasteiger partial charge in [0.2, 0.25) is 0 Å². The van der Waals surface area contributed by atoms with Crippen LogP contribution in [0.25, 0.3) is 0 Å². The zero-order valence-corrected chi connectivity index (χ0v) is 17.7. The number of cyclic esters (lactones) is 4. The zero-order chi connectivity index (χ0) is 23.3. The van der Waals surface area contributed by atoms with Gasteiger partial charge in [-0.05, 0) is 0 Å². The molecule has 0 aliphatic carbocycles. The molecule has 0 spiro atoms. The molecule has 0 saturated heterocycles. The maximum Gasteiger partial charge on any atom is 0.331 e. The summed E-state index contributed by atoms with van der Waals surface area (Å²) in [4.78, 5) is 45.9. The van der Waals surface area contributed by atoms with E-state index >= 15 is 0 Å². The Morgan fingerprint density at radius 3 is 0.750 bits per heavy atom. The smallest absolute Gasteiger partial charge is 0.331 e. The van der Waals surface area contributed by atoms with E-state index in [0.29, 0.717) is 0 Å². The molecule has 1 heterocycles. The van der Waals surface area contributed by atoms with Gasteiger partial charge in [-0.1, -0.05) is 0 Å². The van der Waals surface area contributed by atoms with Gasteiger partial charge in [-0.2, -0.15) is 0 Å². The summed E-state index contributed by atoms with van der Waals surface area (Å²) >= 11 is 0. The lowest BCUT2D eigenvalue weighted by Gasteiger charge is -2.07. The topological polar surface area (TPSA) is 142 Å². The third kappa shape index (κ3) is 16.9. The lowest BCUT2D eigenvalue weighted by Crippen LogP contribution is -2.15. The third-order valence-electron chi connectivity index (χ3n) is 3.34. The summed E-state index contributed by atoms with van der Waals surface area (Å²) in [5.74, 6) is -2.82. The molecule has 0 amide bonds. The van der Waals surface area contributed by atoms with E-state index in [1.807, 2.05) is 0 Å². The molecular formula is C20H28O12. The summed E-state index contributed by atoms with van der Waals surface area (Å²) in [7, 11) is 0. The van der Waals surface area contributed by atoms with Gasteiger partial charge < -0.3 is 37.9 Å². The van der Waals surface area contributed by atoms with Crippen molar-refractivity contribution in [2.24, 2.45) is 0 Å². The normalized spacial score (nSPS) is 22.8. The summed E-state index contributed by atoms with van der Waals surface area (Å²) < 4.78 is 40.2. The summed E-state index contributed by atoms with van der Waals surface area (Å²) in [5, 5.41) is 0. The van der Waals surface area contributed by atoms with Crippen LogP contribution < -0.4 is 0 Å². The largest absolute Gasteiger partial charge is 0.460 e. The number of ether oxygens (including phenoxy) is 8. The zero-order valence-electron chi connectivity index (χ0n) is 17.7. The van der Waals surface area contributed by atoms with Crippen molar-refractivity contribution in [2.75, 3.05) is 79.3 Å². The van der Waals surface area contributed by atoms with Gasteiger partial charge in [0.25, 0.3) is 0 Å². The predicted molar refractivity (Wildman–Crippen MR) is 105 cm³/mol. The van der Waals surface area contributed by atoms with E-state index < -0.39 is 23.9 Å². The van der Waals surface area contributed by atoms with E-state index in [-0.39, 0.29) is 79.3 Å². The number of rotatable bonds is 0. The van der Waals surface area contributed by atoms with Crippen molar-refractivity contribution in [3.05, 3.63) is 24.3 Å². The minimum absolute atomic E-state index is 0.000510. The Labute approximate surface area is 185 Å². The van der Waals surface area contributed by atoms with Crippen LogP contribution in [0.15, 0.2) is 24.3 Å². The van der Waals surface area contributed by atoms with Crippen LogP contribution >= 0.6 is 0 Å². The van der Waals surface area contributed by atoms with E-state index in [2.05, 4.69) is 0 Å². The third-order valence-corrected chi connectivity index (χ3v) is 3.34.